The van der Waals surface area contributed by atoms with Crippen LogP contribution in [-0.4, -0.2) is 27.9 Å². The topological polar surface area (TPSA) is 85.2 Å². The number of amides is 1. The molecule has 0 aliphatic carbocycles. The summed E-state index contributed by atoms with van der Waals surface area (Å²) < 4.78 is 6.49. The van der Waals surface area contributed by atoms with Crippen molar-refractivity contribution in [2.75, 3.05) is 12.0 Å². The van der Waals surface area contributed by atoms with Gasteiger partial charge in [0.25, 0.3) is 5.56 Å². The van der Waals surface area contributed by atoms with Crippen LogP contribution in [0.5, 0.6) is 0 Å². The quantitative estimate of drug-likeness (QED) is 0.471. The number of rotatable bonds is 4. The molecule has 0 atom stereocenters. The third-order valence-corrected chi connectivity index (χ3v) is 4.20. The molecule has 160 valence electrons. The van der Waals surface area contributed by atoms with E-state index in [9.17, 15) is 9.59 Å². The molecule has 8 heteroatoms. The second kappa shape index (κ2) is 9.54. The summed E-state index contributed by atoms with van der Waals surface area (Å²) in [6.07, 6.45) is -0.149. The van der Waals surface area contributed by atoms with Crippen LogP contribution in [0.15, 0.2) is 53.3 Å². The van der Waals surface area contributed by atoms with E-state index in [-0.39, 0.29) is 11.4 Å². The lowest BCUT2D eigenvalue weighted by atomic mass is 10.2. The Morgan fingerprint density at radius 3 is 2.65 bits per heavy atom. The maximum atomic E-state index is 13.1. The zero-order valence-corrected chi connectivity index (χ0v) is 18.3. The Hall–Kier alpha value is -3.50. The van der Waals surface area contributed by atoms with Crippen molar-refractivity contribution in [1.29, 1.82) is 0 Å². The molecule has 0 unspecified atom stereocenters. The number of alkyl carbamates (subject to hydrolysis) is 1. The largest absolute Gasteiger partial charge is 0.444 e. The van der Waals surface area contributed by atoms with Gasteiger partial charge in [0.15, 0.2) is 0 Å². The molecule has 0 aliphatic heterocycles. The number of benzene rings is 2. The Labute approximate surface area is 185 Å². The molecular formula is C23H23ClN4O3. The van der Waals surface area contributed by atoms with Gasteiger partial charge in [0.1, 0.15) is 5.60 Å². The molecule has 0 spiro atoms. The Kier molecular flexibility index (Phi) is 6.83. The number of nitrogens with zero attached hydrogens (tertiary/aromatic N) is 2. The van der Waals surface area contributed by atoms with Crippen LogP contribution in [0.4, 0.5) is 10.5 Å². The Balaban J connectivity index is 1.85. The molecule has 1 aromatic heterocycles. The van der Waals surface area contributed by atoms with Crippen molar-refractivity contribution in [2.45, 2.75) is 32.8 Å². The molecule has 0 bridgehead atoms. The minimum absolute atomic E-state index is 0.237. The second-order valence-corrected chi connectivity index (χ2v) is 8.13. The predicted molar refractivity (Wildman–Crippen MR) is 122 cm³/mol. The van der Waals surface area contributed by atoms with E-state index in [1.165, 1.54) is 4.68 Å². The highest BCUT2D eigenvalue weighted by molar-refractivity contribution is 6.31. The van der Waals surface area contributed by atoms with Gasteiger partial charge in [-0.25, -0.2) is 9.78 Å². The highest BCUT2D eigenvalue weighted by Crippen LogP contribution is 2.16. The molecule has 31 heavy (non-hydrogen) atoms. The summed E-state index contributed by atoms with van der Waals surface area (Å²) in [4.78, 5) is 29.3. The van der Waals surface area contributed by atoms with Crippen LogP contribution < -0.4 is 16.3 Å². The highest BCUT2D eigenvalue weighted by atomic mass is 35.5. The molecule has 0 radical (unpaired) electrons. The van der Waals surface area contributed by atoms with Crippen LogP contribution >= 0.6 is 11.6 Å². The second-order valence-electron chi connectivity index (χ2n) is 7.70. The summed E-state index contributed by atoms with van der Waals surface area (Å²) in [7, 11) is 0. The van der Waals surface area contributed by atoms with Gasteiger partial charge in [-0.1, -0.05) is 35.7 Å². The lowest BCUT2D eigenvalue weighted by molar-refractivity contribution is 0.0529. The first kappa shape index (κ1) is 22.2. The van der Waals surface area contributed by atoms with Crippen molar-refractivity contribution in [3.05, 3.63) is 69.7 Å². The summed E-state index contributed by atoms with van der Waals surface area (Å²) in [5.74, 6) is 6.09. The fraction of sp³-hybridized carbons (Fsp3) is 0.261. The van der Waals surface area contributed by atoms with Gasteiger partial charge in [0.05, 0.1) is 16.6 Å². The number of halogens is 1. The van der Waals surface area contributed by atoms with E-state index in [0.29, 0.717) is 34.6 Å². The molecule has 7 nitrogen and oxygen atoms in total. The SMILES string of the molecule is CC(C)(C)OC(=O)NCCC#Cc1nc2cc(Cl)ccc2c(=O)n1Nc1ccccc1. The average Bonchev–Trinajstić information content (AvgIpc) is 2.69. The van der Waals surface area contributed by atoms with Crippen molar-refractivity contribution in [3.63, 3.8) is 0 Å². The summed E-state index contributed by atoms with van der Waals surface area (Å²) in [5, 5.41) is 3.54. The first-order valence-electron chi connectivity index (χ1n) is 9.73. The molecule has 0 saturated heterocycles. The van der Waals surface area contributed by atoms with Crippen LogP contribution in [0, 0.1) is 11.8 Å². The van der Waals surface area contributed by atoms with Crippen LogP contribution in [0.1, 0.15) is 33.0 Å². The molecule has 2 aromatic carbocycles. The lowest BCUT2D eigenvalue weighted by Gasteiger charge is -2.19. The number of anilines is 1. The number of carbonyl (C=O) groups excluding carboxylic acids is 1. The molecule has 0 saturated carbocycles. The Morgan fingerprint density at radius 2 is 1.94 bits per heavy atom. The lowest BCUT2D eigenvalue weighted by Crippen LogP contribution is -2.32. The minimum atomic E-state index is -0.564. The molecular weight excluding hydrogens is 416 g/mol. The fourth-order valence-corrected chi connectivity index (χ4v) is 2.84. The van der Waals surface area contributed by atoms with Gasteiger partial charge in [-0.3, -0.25) is 10.2 Å². The first-order valence-corrected chi connectivity index (χ1v) is 10.1. The standard InChI is InChI=1S/C23H23ClN4O3/c1-23(2,3)31-22(30)25-14-8-7-11-20-26-19-15-16(24)12-13-18(19)21(29)28(20)27-17-9-5-4-6-10-17/h4-6,9-10,12-13,15,27H,8,14H2,1-3H3,(H,25,30). The normalized spacial score (nSPS) is 10.8. The van der Waals surface area contributed by atoms with Crippen molar-refractivity contribution in [2.24, 2.45) is 0 Å². The maximum absolute atomic E-state index is 13.1. The van der Waals surface area contributed by atoms with Gasteiger partial charge in [0, 0.05) is 18.0 Å². The summed E-state index contributed by atoms with van der Waals surface area (Å²) in [5.41, 5.74) is 3.37. The van der Waals surface area contributed by atoms with Gasteiger partial charge in [0.2, 0.25) is 5.82 Å². The van der Waals surface area contributed by atoms with Gasteiger partial charge in [-0.05, 0) is 57.0 Å². The van der Waals surface area contributed by atoms with Crippen molar-refractivity contribution in [3.8, 4) is 11.8 Å². The molecule has 2 N–H and O–H groups in total. The van der Waals surface area contributed by atoms with Crippen LogP contribution in [-0.2, 0) is 4.74 Å². The molecule has 0 fully saturated rings. The van der Waals surface area contributed by atoms with E-state index in [4.69, 9.17) is 16.3 Å². The number of hydrogen-bond donors (Lipinski definition) is 2. The fourth-order valence-electron chi connectivity index (χ4n) is 2.67. The molecule has 3 rings (SSSR count). The van der Waals surface area contributed by atoms with Crippen LogP contribution in [0.25, 0.3) is 10.9 Å². The van der Waals surface area contributed by atoms with E-state index in [1.54, 1.807) is 39.0 Å². The summed E-state index contributed by atoms with van der Waals surface area (Å²) >= 11 is 6.06. The molecule has 3 aromatic rings. The monoisotopic (exact) mass is 438 g/mol. The Morgan fingerprint density at radius 1 is 1.19 bits per heavy atom. The van der Waals surface area contributed by atoms with Crippen LogP contribution in [0.3, 0.4) is 0 Å². The zero-order valence-electron chi connectivity index (χ0n) is 17.5. The van der Waals surface area contributed by atoms with Crippen molar-refractivity contribution >= 4 is 34.3 Å². The number of ether oxygens (including phenoxy) is 1. The van der Waals surface area contributed by atoms with E-state index in [1.807, 2.05) is 30.3 Å². The molecule has 1 amide bonds. The van der Waals surface area contributed by atoms with Crippen LogP contribution in [0.2, 0.25) is 5.02 Å². The van der Waals surface area contributed by atoms with E-state index < -0.39 is 11.7 Å². The minimum Gasteiger partial charge on any atom is -0.444 e. The number of para-hydroxylation sites is 1. The van der Waals surface area contributed by atoms with Gasteiger partial charge < -0.3 is 10.1 Å². The van der Waals surface area contributed by atoms with E-state index in [0.717, 1.165) is 0 Å². The number of fused-ring (bicyclic) bond motifs is 1. The third-order valence-electron chi connectivity index (χ3n) is 3.96. The third kappa shape index (κ3) is 6.24. The predicted octanol–water partition coefficient (Wildman–Crippen LogP) is 4.19. The van der Waals surface area contributed by atoms with Crippen molar-refractivity contribution in [1.82, 2.24) is 15.0 Å². The first-order chi connectivity index (χ1) is 14.7. The van der Waals surface area contributed by atoms with Gasteiger partial charge in [-0.15, -0.1) is 0 Å². The average molecular weight is 439 g/mol. The Bertz CT molecular complexity index is 1200. The van der Waals surface area contributed by atoms with Gasteiger partial charge >= 0.3 is 6.09 Å². The van der Waals surface area contributed by atoms with Crippen molar-refractivity contribution < 1.29 is 9.53 Å². The van der Waals surface area contributed by atoms with E-state index in [2.05, 4.69) is 27.6 Å². The number of aromatic nitrogens is 2. The summed E-state index contributed by atoms with van der Waals surface area (Å²) in [6.45, 7) is 5.69. The van der Waals surface area contributed by atoms with E-state index >= 15 is 0 Å². The van der Waals surface area contributed by atoms with Gasteiger partial charge in [-0.2, -0.15) is 4.68 Å². The number of hydrogen-bond acceptors (Lipinski definition) is 5. The number of carbonyl (C=O) groups is 1. The highest BCUT2D eigenvalue weighted by Gasteiger charge is 2.15. The summed E-state index contributed by atoms with van der Waals surface area (Å²) in [6, 6.07) is 14.2. The zero-order chi connectivity index (χ0) is 22.4. The molecule has 0 aliphatic rings. The molecule has 1 heterocycles. The smallest absolute Gasteiger partial charge is 0.407 e. The maximum Gasteiger partial charge on any atom is 0.407 e. The number of nitrogens with one attached hydrogen (secondary N) is 2.